The second-order valence-electron chi connectivity index (χ2n) is 6.87. The van der Waals surface area contributed by atoms with Crippen LogP contribution in [0.25, 0.3) is 0 Å². The van der Waals surface area contributed by atoms with Gasteiger partial charge in [0.1, 0.15) is 9.84 Å². The summed E-state index contributed by atoms with van der Waals surface area (Å²) in [7, 11) is -0.809. The van der Waals surface area contributed by atoms with Gasteiger partial charge in [-0.25, -0.2) is 8.42 Å². The molecule has 0 radical (unpaired) electrons. The van der Waals surface area contributed by atoms with Crippen molar-refractivity contribution in [2.45, 2.75) is 63.2 Å². The molecule has 0 aromatic rings. The average Bonchev–Trinajstić information content (AvgIpc) is 2.76. The Balaban J connectivity index is 2.02. The lowest BCUT2D eigenvalue weighted by atomic mass is 9.77. The van der Waals surface area contributed by atoms with E-state index < -0.39 is 9.84 Å². The van der Waals surface area contributed by atoms with Crippen LogP contribution >= 0.6 is 0 Å². The number of hydrogen-bond donors (Lipinski definition) is 1. The van der Waals surface area contributed by atoms with Gasteiger partial charge in [-0.3, -0.25) is 0 Å². The molecule has 1 N–H and O–H groups in total. The molecule has 19 heavy (non-hydrogen) atoms. The normalized spacial score (nSPS) is 38.3. The van der Waals surface area contributed by atoms with Crippen molar-refractivity contribution < 1.29 is 8.42 Å². The third kappa shape index (κ3) is 3.72. The van der Waals surface area contributed by atoms with Crippen molar-refractivity contribution in [1.29, 1.82) is 0 Å². The highest BCUT2D eigenvalue weighted by atomic mass is 32.2. The standard InChI is InChI=1S/C15H29NO2S/c1-11-7-8-13(9-11)15(16-2)12-5-4-6-14(10-12)19(3,17)18/h11-16H,4-10H2,1-3H3. The van der Waals surface area contributed by atoms with Gasteiger partial charge in [-0.2, -0.15) is 0 Å². The maximum atomic E-state index is 11.8. The SMILES string of the molecule is CNC(C1CCC(C)C1)C1CCCC(S(C)(=O)=O)C1. The Morgan fingerprint density at radius 2 is 1.74 bits per heavy atom. The molecule has 2 fully saturated rings. The van der Waals surface area contributed by atoms with E-state index in [0.29, 0.717) is 12.0 Å². The first-order valence-electron chi connectivity index (χ1n) is 7.78. The first kappa shape index (κ1) is 15.3. The minimum atomic E-state index is -2.86. The van der Waals surface area contributed by atoms with Crippen molar-refractivity contribution in [2.75, 3.05) is 13.3 Å². The molecule has 0 heterocycles. The summed E-state index contributed by atoms with van der Waals surface area (Å²) in [6.45, 7) is 2.34. The first-order valence-corrected chi connectivity index (χ1v) is 9.73. The number of hydrogen-bond acceptors (Lipinski definition) is 3. The fraction of sp³-hybridized carbons (Fsp3) is 1.00. The number of nitrogens with one attached hydrogen (secondary N) is 1. The predicted octanol–water partition coefficient (Wildman–Crippen LogP) is 2.61. The van der Waals surface area contributed by atoms with Crippen LogP contribution in [-0.4, -0.2) is 33.0 Å². The molecule has 5 atom stereocenters. The summed E-state index contributed by atoms with van der Waals surface area (Å²) in [4.78, 5) is 0. The molecule has 3 nitrogen and oxygen atoms in total. The molecule has 0 aromatic heterocycles. The van der Waals surface area contributed by atoms with Crippen LogP contribution < -0.4 is 5.32 Å². The average molecular weight is 287 g/mol. The summed E-state index contributed by atoms with van der Waals surface area (Å²) < 4.78 is 23.6. The predicted molar refractivity (Wildman–Crippen MR) is 79.9 cm³/mol. The van der Waals surface area contributed by atoms with Crippen molar-refractivity contribution >= 4 is 9.84 Å². The number of rotatable bonds is 4. The van der Waals surface area contributed by atoms with Gasteiger partial charge in [-0.1, -0.05) is 19.8 Å². The Kier molecular flexibility index (Phi) is 4.93. The Hall–Kier alpha value is -0.0900. The largest absolute Gasteiger partial charge is 0.316 e. The highest BCUT2D eigenvalue weighted by Crippen LogP contribution is 2.39. The highest BCUT2D eigenvalue weighted by Gasteiger charge is 2.37. The van der Waals surface area contributed by atoms with Gasteiger partial charge in [0.05, 0.1) is 5.25 Å². The molecule has 0 bridgehead atoms. The zero-order chi connectivity index (χ0) is 14.0. The molecule has 2 rings (SSSR count). The Bertz CT molecular complexity index is 393. The van der Waals surface area contributed by atoms with Crippen LogP contribution in [0.1, 0.15) is 51.9 Å². The molecule has 4 heteroatoms. The van der Waals surface area contributed by atoms with Crippen molar-refractivity contribution in [3.63, 3.8) is 0 Å². The molecule has 2 aliphatic rings. The van der Waals surface area contributed by atoms with E-state index in [1.54, 1.807) is 0 Å². The van der Waals surface area contributed by atoms with Crippen LogP contribution in [0.5, 0.6) is 0 Å². The zero-order valence-corrected chi connectivity index (χ0v) is 13.4. The molecule has 0 amide bonds. The third-order valence-corrected chi connectivity index (χ3v) is 7.00. The summed E-state index contributed by atoms with van der Waals surface area (Å²) in [5.74, 6) is 2.15. The van der Waals surface area contributed by atoms with E-state index in [2.05, 4.69) is 19.3 Å². The highest BCUT2D eigenvalue weighted by molar-refractivity contribution is 7.91. The summed E-state index contributed by atoms with van der Waals surface area (Å²) in [6, 6.07) is 0.523. The molecule has 0 saturated heterocycles. The van der Waals surface area contributed by atoms with Crippen LogP contribution in [-0.2, 0) is 9.84 Å². The fourth-order valence-electron chi connectivity index (χ4n) is 4.33. The monoisotopic (exact) mass is 287 g/mol. The van der Waals surface area contributed by atoms with Gasteiger partial charge in [-0.05, 0) is 56.9 Å². The van der Waals surface area contributed by atoms with E-state index in [1.807, 2.05) is 0 Å². The molecule has 0 aliphatic heterocycles. The first-order chi connectivity index (χ1) is 8.91. The lowest BCUT2D eigenvalue weighted by Gasteiger charge is -2.37. The van der Waals surface area contributed by atoms with E-state index in [1.165, 1.54) is 31.9 Å². The minimum absolute atomic E-state index is 0.0964. The zero-order valence-electron chi connectivity index (χ0n) is 12.6. The van der Waals surface area contributed by atoms with Crippen LogP contribution in [0.4, 0.5) is 0 Å². The second-order valence-corrected chi connectivity index (χ2v) is 9.20. The van der Waals surface area contributed by atoms with E-state index in [4.69, 9.17) is 0 Å². The lowest BCUT2D eigenvalue weighted by Crippen LogP contribution is -2.43. The van der Waals surface area contributed by atoms with Gasteiger partial charge in [0, 0.05) is 12.3 Å². The Labute approximate surface area is 118 Å². The maximum Gasteiger partial charge on any atom is 0.150 e. The smallest absolute Gasteiger partial charge is 0.150 e. The molecular formula is C15H29NO2S. The van der Waals surface area contributed by atoms with Gasteiger partial charge < -0.3 is 5.32 Å². The molecule has 0 spiro atoms. The van der Waals surface area contributed by atoms with Crippen LogP contribution in [0.2, 0.25) is 0 Å². The summed E-state index contributed by atoms with van der Waals surface area (Å²) >= 11 is 0. The quantitative estimate of drug-likeness (QED) is 0.864. The van der Waals surface area contributed by atoms with Crippen molar-refractivity contribution in [3.8, 4) is 0 Å². The van der Waals surface area contributed by atoms with Crippen molar-refractivity contribution in [2.24, 2.45) is 17.8 Å². The minimum Gasteiger partial charge on any atom is -0.316 e. The van der Waals surface area contributed by atoms with Crippen molar-refractivity contribution in [3.05, 3.63) is 0 Å². The van der Waals surface area contributed by atoms with Gasteiger partial charge in [0.2, 0.25) is 0 Å². The van der Waals surface area contributed by atoms with Crippen molar-refractivity contribution in [1.82, 2.24) is 5.32 Å². The molecule has 0 aromatic carbocycles. The summed E-state index contributed by atoms with van der Waals surface area (Å²) in [6.07, 6.45) is 9.38. The van der Waals surface area contributed by atoms with E-state index in [9.17, 15) is 8.42 Å². The van der Waals surface area contributed by atoms with E-state index in [-0.39, 0.29) is 5.25 Å². The van der Waals surface area contributed by atoms with Crippen LogP contribution in [0.3, 0.4) is 0 Å². The topological polar surface area (TPSA) is 46.2 Å². The molecule has 2 saturated carbocycles. The van der Waals surface area contributed by atoms with Gasteiger partial charge in [0.15, 0.2) is 0 Å². The van der Waals surface area contributed by atoms with Gasteiger partial charge in [-0.15, -0.1) is 0 Å². The van der Waals surface area contributed by atoms with E-state index in [0.717, 1.165) is 31.1 Å². The summed E-state index contributed by atoms with van der Waals surface area (Å²) in [5, 5.41) is 3.42. The maximum absolute atomic E-state index is 11.8. The van der Waals surface area contributed by atoms with Gasteiger partial charge in [0.25, 0.3) is 0 Å². The third-order valence-electron chi connectivity index (χ3n) is 5.36. The van der Waals surface area contributed by atoms with Crippen LogP contribution in [0.15, 0.2) is 0 Å². The number of sulfone groups is 1. The molecule has 2 aliphatic carbocycles. The second kappa shape index (κ2) is 6.13. The molecule has 112 valence electrons. The molecular weight excluding hydrogens is 258 g/mol. The Morgan fingerprint density at radius 3 is 2.26 bits per heavy atom. The lowest BCUT2D eigenvalue weighted by molar-refractivity contribution is 0.215. The summed E-state index contributed by atoms with van der Waals surface area (Å²) in [5.41, 5.74) is 0. The Morgan fingerprint density at radius 1 is 1.05 bits per heavy atom. The van der Waals surface area contributed by atoms with Gasteiger partial charge >= 0.3 is 0 Å². The molecule has 5 unspecified atom stereocenters. The van der Waals surface area contributed by atoms with Crippen LogP contribution in [0, 0.1) is 17.8 Å². The fourth-order valence-corrected chi connectivity index (χ4v) is 5.52. The van der Waals surface area contributed by atoms with E-state index >= 15 is 0 Å².